The van der Waals surface area contributed by atoms with Crippen LogP contribution < -0.4 is 9.61 Å². The quantitative estimate of drug-likeness (QED) is 0.207. The van der Waals surface area contributed by atoms with Crippen molar-refractivity contribution in [3.05, 3.63) is 106 Å². The normalized spacial score (nSPS) is 11.6. The Balaban J connectivity index is 1.46. The van der Waals surface area contributed by atoms with Gasteiger partial charge in [-0.05, 0) is 75.6 Å². The van der Waals surface area contributed by atoms with Crippen molar-refractivity contribution in [2.45, 2.75) is 11.8 Å². The third-order valence-electron chi connectivity index (χ3n) is 4.88. The van der Waals surface area contributed by atoms with E-state index in [1.807, 2.05) is 43.3 Å². The van der Waals surface area contributed by atoms with Gasteiger partial charge in [-0.2, -0.15) is 13.5 Å². The number of hydrogen-bond donors (Lipinski definition) is 1. The van der Waals surface area contributed by atoms with E-state index in [2.05, 4.69) is 26.5 Å². The van der Waals surface area contributed by atoms with E-state index in [1.54, 1.807) is 30.3 Å². The first-order valence-electron chi connectivity index (χ1n) is 9.95. The maximum atomic E-state index is 12.6. The number of hydrogen-bond acceptors (Lipinski definition) is 5. The molecule has 0 aliphatic rings. The Hall–Kier alpha value is -3.49. The molecule has 0 aromatic heterocycles. The summed E-state index contributed by atoms with van der Waals surface area (Å²) in [5.41, 5.74) is 4.64. The fourth-order valence-electron chi connectivity index (χ4n) is 3.19. The second-order valence-corrected chi connectivity index (χ2v) is 9.67. The van der Waals surface area contributed by atoms with Crippen molar-refractivity contribution in [3.63, 3.8) is 0 Å². The minimum Gasteiger partial charge on any atom is -0.378 e. The molecule has 0 aliphatic carbocycles. The van der Waals surface area contributed by atoms with E-state index in [1.165, 1.54) is 24.4 Å². The summed E-state index contributed by atoms with van der Waals surface area (Å²) in [6.45, 7) is 1.87. The van der Waals surface area contributed by atoms with Gasteiger partial charge in [0.05, 0.1) is 10.7 Å². The SMILES string of the molecule is Cc1ccc(S(=O)(=O)Oc2ccc(/C=N\NC(=O)c3cccc4ccccc34)cc2Br)cc1. The highest BCUT2D eigenvalue weighted by Gasteiger charge is 2.18. The van der Waals surface area contributed by atoms with E-state index in [9.17, 15) is 13.2 Å². The van der Waals surface area contributed by atoms with Crippen LogP contribution in [0.25, 0.3) is 10.8 Å². The molecule has 0 aliphatic heterocycles. The van der Waals surface area contributed by atoms with Gasteiger partial charge in [0.25, 0.3) is 5.91 Å². The van der Waals surface area contributed by atoms with E-state index < -0.39 is 10.1 Å². The molecule has 6 nitrogen and oxygen atoms in total. The Morgan fingerprint density at radius 1 is 0.970 bits per heavy atom. The zero-order valence-electron chi connectivity index (χ0n) is 17.5. The van der Waals surface area contributed by atoms with Gasteiger partial charge in [-0.1, -0.05) is 54.1 Å². The topological polar surface area (TPSA) is 84.8 Å². The number of aryl methyl sites for hydroxylation is 1. The summed E-state index contributed by atoms with van der Waals surface area (Å²) in [6.07, 6.45) is 1.46. The Morgan fingerprint density at radius 2 is 1.70 bits per heavy atom. The van der Waals surface area contributed by atoms with Crippen LogP contribution in [-0.4, -0.2) is 20.5 Å². The lowest BCUT2D eigenvalue weighted by Crippen LogP contribution is -2.17. The fourth-order valence-corrected chi connectivity index (χ4v) is 4.72. The summed E-state index contributed by atoms with van der Waals surface area (Å²) in [7, 11) is -3.96. The summed E-state index contributed by atoms with van der Waals surface area (Å²) >= 11 is 3.33. The number of nitrogens with zero attached hydrogens (tertiary/aromatic N) is 1. The lowest BCUT2D eigenvalue weighted by Gasteiger charge is -2.09. The molecule has 0 saturated carbocycles. The van der Waals surface area contributed by atoms with Crippen molar-refractivity contribution in [3.8, 4) is 5.75 Å². The Labute approximate surface area is 200 Å². The number of carbonyl (C=O) groups is 1. The summed E-state index contributed by atoms with van der Waals surface area (Å²) in [4.78, 5) is 12.6. The van der Waals surface area contributed by atoms with Crippen molar-refractivity contribution >= 4 is 48.9 Å². The molecule has 0 bridgehead atoms. The highest BCUT2D eigenvalue weighted by atomic mass is 79.9. The van der Waals surface area contributed by atoms with Crippen LogP contribution in [0, 0.1) is 6.92 Å². The molecule has 1 amide bonds. The predicted molar refractivity (Wildman–Crippen MR) is 132 cm³/mol. The van der Waals surface area contributed by atoms with Crippen molar-refractivity contribution in [1.82, 2.24) is 5.43 Å². The third kappa shape index (κ3) is 5.30. The van der Waals surface area contributed by atoms with Crippen molar-refractivity contribution < 1.29 is 17.4 Å². The molecule has 0 atom stereocenters. The van der Waals surface area contributed by atoms with Crippen molar-refractivity contribution in [1.29, 1.82) is 0 Å². The lowest BCUT2D eigenvalue weighted by molar-refractivity contribution is 0.0956. The van der Waals surface area contributed by atoms with Gasteiger partial charge in [0.2, 0.25) is 0 Å². The molecule has 166 valence electrons. The minimum absolute atomic E-state index is 0.0711. The van der Waals surface area contributed by atoms with Crippen LogP contribution in [0.5, 0.6) is 5.75 Å². The average Bonchev–Trinajstić information content (AvgIpc) is 2.80. The maximum absolute atomic E-state index is 12.6. The number of nitrogens with one attached hydrogen (secondary N) is 1. The summed E-state index contributed by atoms with van der Waals surface area (Å²) in [5.74, 6) is -0.182. The van der Waals surface area contributed by atoms with E-state index in [4.69, 9.17) is 4.18 Å². The first-order chi connectivity index (χ1) is 15.8. The molecule has 0 saturated heterocycles. The molecule has 0 heterocycles. The number of carbonyl (C=O) groups excluding carboxylic acids is 1. The number of hydrazone groups is 1. The van der Waals surface area contributed by atoms with Gasteiger partial charge in [-0.15, -0.1) is 0 Å². The molecular formula is C25H19BrN2O4S. The van der Waals surface area contributed by atoms with E-state index >= 15 is 0 Å². The highest BCUT2D eigenvalue weighted by molar-refractivity contribution is 9.10. The summed E-state index contributed by atoms with van der Waals surface area (Å²) in [6, 6.07) is 24.3. The van der Waals surface area contributed by atoms with Gasteiger partial charge in [0.15, 0.2) is 5.75 Å². The van der Waals surface area contributed by atoms with Crippen LogP contribution in [0.4, 0.5) is 0 Å². The maximum Gasteiger partial charge on any atom is 0.339 e. The largest absolute Gasteiger partial charge is 0.378 e. The molecule has 4 aromatic carbocycles. The molecule has 4 rings (SSSR count). The molecule has 33 heavy (non-hydrogen) atoms. The molecule has 8 heteroatoms. The zero-order chi connectivity index (χ0) is 23.4. The van der Waals surface area contributed by atoms with Crippen LogP contribution >= 0.6 is 15.9 Å². The van der Waals surface area contributed by atoms with Gasteiger partial charge >= 0.3 is 10.1 Å². The highest BCUT2D eigenvalue weighted by Crippen LogP contribution is 2.28. The van der Waals surface area contributed by atoms with Gasteiger partial charge in [-0.25, -0.2) is 5.43 Å². The zero-order valence-corrected chi connectivity index (χ0v) is 19.9. The van der Waals surface area contributed by atoms with Gasteiger partial charge in [0, 0.05) is 5.56 Å². The van der Waals surface area contributed by atoms with Gasteiger partial charge in [0.1, 0.15) is 4.90 Å². The first kappa shape index (κ1) is 22.7. The van der Waals surface area contributed by atoms with Crippen molar-refractivity contribution in [2.24, 2.45) is 5.10 Å². The van der Waals surface area contributed by atoms with E-state index in [-0.39, 0.29) is 16.6 Å². The monoisotopic (exact) mass is 522 g/mol. The first-order valence-corrected chi connectivity index (χ1v) is 12.2. The summed E-state index contributed by atoms with van der Waals surface area (Å²) in [5, 5.41) is 5.83. The number of benzene rings is 4. The second kappa shape index (κ2) is 9.56. The van der Waals surface area contributed by atoms with Crippen LogP contribution in [0.1, 0.15) is 21.5 Å². The molecule has 0 radical (unpaired) electrons. The van der Waals surface area contributed by atoms with Crippen LogP contribution in [0.2, 0.25) is 0 Å². The van der Waals surface area contributed by atoms with Gasteiger partial charge < -0.3 is 4.18 Å². The second-order valence-electron chi connectivity index (χ2n) is 7.27. The lowest BCUT2D eigenvalue weighted by atomic mass is 10.0. The van der Waals surface area contributed by atoms with Crippen molar-refractivity contribution in [2.75, 3.05) is 0 Å². The molecule has 0 fully saturated rings. The third-order valence-corrected chi connectivity index (χ3v) is 6.75. The van der Waals surface area contributed by atoms with Crippen LogP contribution in [0.3, 0.4) is 0 Å². The Kier molecular flexibility index (Phi) is 6.57. The number of fused-ring (bicyclic) bond motifs is 1. The summed E-state index contributed by atoms with van der Waals surface area (Å²) < 4.78 is 30.7. The molecular weight excluding hydrogens is 504 g/mol. The number of rotatable bonds is 6. The Bertz CT molecular complexity index is 1460. The van der Waals surface area contributed by atoms with Gasteiger partial charge in [-0.3, -0.25) is 4.79 Å². The minimum atomic E-state index is -3.96. The fraction of sp³-hybridized carbons (Fsp3) is 0.0400. The molecule has 0 unspecified atom stereocenters. The van der Waals surface area contributed by atoms with Crippen LogP contribution in [-0.2, 0) is 10.1 Å². The van der Waals surface area contributed by atoms with E-state index in [0.717, 1.165) is 16.3 Å². The predicted octanol–water partition coefficient (Wildman–Crippen LogP) is 5.44. The van der Waals surface area contributed by atoms with E-state index in [0.29, 0.717) is 15.6 Å². The average molecular weight is 523 g/mol. The number of halogens is 1. The number of amides is 1. The van der Waals surface area contributed by atoms with Crippen LogP contribution in [0.15, 0.2) is 99.4 Å². The molecule has 0 spiro atoms. The standard InChI is InChI=1S/C25H19BrN2O4S/c1-17-9-12-20(13-10-17)33(30,31)32-24-14-11-18(15-23(24)26)16-27-28-25(29)22-8-4-6-19-5-2-3-7-21(19)22/h2-16H,1H3,(H,28,29)/b27-16-. The molecule has 1 N–H and O–H groups in total. The molecule has 4 aromatic rings. The Morgan fingerprint density at radius 3 is 2.45 bits per heavy atom. The smallest absolute Gasteiger partial charge is 0.339 e.